The predicted molar refractivity (Wildman–Crippen MR) is 165 cm³/mol. The van der Waals surface area contributed by atoms with Crippen molar-refractivity contribution in [2.24, 2.45) is 5.73 Å². The second-order valence-corrected chi connectivity index (χ2v) is 10.2. The first-order chi connectivity index (χ1) is 21.5. The zero-order chi connectivity index (χ0) is 32.9. The van der Waals surface area contributed by atoms with Crippen LogP contribution in [-0.4, -0.2) is 80.0 Å². The molecule has 13 nitrogen and oxygen atoms in total. The number of nitrogens with one attached hydrogen (secondary N) is 3. The number of benzene rings is 3. The number of aromatic hydroxyl groups is 2. The van der Waals surface area contributed by atoms with Crippen molar-refractivity contribution in [1.82, 2.24) is 16.0 Å². The number of methoxy groups -OCH3 is 1. The second-order valence-electron chi connectivity index (χ2n) is 9.39. The molecule has 0 bridgehead atoms. The minimum absolute atomic E-state index is 0.0807. The van der Waals surface area contributed by atoms with Gasteiger partial charge in [-0.05, 0) is 42.0 Å². The Hall–Kier alpha value is -4.56. The van der Waals surface area contributed by atoms with Gasteiger partial charge in [0.25, 0.3) is 17.7 Å². The number of phenolic OH excluding ortho intramolecular Hbond substituents is 2. The zero-order valence-corrected chi connectivity index (χ0v) is 25.6. The van der Waals surface area contributed by atoms with Gasteiger partial charge < -0.3 is 46.1 Å². The molecule has 240 valence electrons. The van der Waals surface area contributed by atoms with Gasteiger partial charge in [0.15, 0.2) is 0 Å². The van der Waals surface area contributed by atoms with E-state index in [9.17, 15) is 29.4 Å². The topological polar surface area (TPSA) is 199 Å². The number of hydrogen-bond acceptors (Lipinski definition) is 10. The number of carbonyl (C=O) groups excluding carboxylic acids is 4. The van der Waals surface area contributed by atoms with E-state index >= 15 is 0 Å². The fourth-order valence-corrected chi connectivity index (χ4v) is 4.60. The minimum atomic E-state index is -1.37. The molecule has 3 aromatic rings. The van der Waals surface area contributed by atoms with E-state index in [0.717, 1.165) is 30.9 Å². The number of carbonyl (C=O) groups is 4. The molecule has 1 atom stereocenters. The number of amides is 3. The zero-order valence-electron chi connectivity index (χ0n) is 24.1. The molecular weight excluding hydrogens is 631 g/mol. The van der Waals surface area contributed by atoms with Crippen molar-refractivity contribution in [3.05, 3.63) is 86.9 Å². The van der Waals surface area contributed by atoms with Crippen LogP contribution in [0.4, 0.5) is 0 Å². The Balaban J connectivity index is 1.62. The highest BCUT2D eigenvalue weighted by molar-refractivity contribution is 6.40. The minimum Gasteiger partial charge on any atom is -0.508 e. The summed E-state index contributed by atoms with van der Waals surface area (Å²) in [7, 11) is 1.09. The Morgan fingerprint density at radius 2 is 1.49 bits per heavy atom. The van der Waals surface area contributed by atoms with Crippen LogP contribution in [0.5, 0.6) is 17.2 Å². The Kier molecular flexibility index (Phi) is 13.2. The van der Waals surface area contributed by atoms with Crippen molar-refractivity contribution in [1.29, 1.82) is 0 Å². The van der Waals surface area contributed by atoms with Crippen LogP contribution in [0.3, 0.4) is 0 Å². The van der Waals surface area contributed by atoms with E-state index in [1.54, 1.807) is 24.3 Å². The first-order valence-corrected chi connectivity index (χ1v) is 14.2. The third-order valence-electron chi connectivity index (χ3n) is 6.06. The van der Waals surface area contributed by atoms with Gasteiger partial charge in [-0.1, -0.05) is 35.3 Å². The number of ether oxygens (including phenoxy) is 3. The lowest BCUT2D eigenvalue weighted by molar-refractivity contribution is -0.142. The Morgan fingerprint density at radius 1 is 0.844 bits per heavy atom. The molecule has 15 heteroatoms. The maximum absolute atomic E-state index is 13.1. The highest BCUT2D eigenvalue weighted by atomic mass is 35.5. The van der Waals surface area contributed by atoms with Crippen molar-refractivity contribution in [2.75, 3.05) is 40.0 Å². The van der Waals surface area contributed by atoms with Crippen molar-refractivity contribution in [3.63, 3.8) is 0 Å². The lowest BCUT2D eigenvalue weighted by Gasteiger charge is -2.18. The van der Waals surface area contributed by atoms with E-state index < -0.39 is 36.3 Å². The average Bonchev–Trinajstić information content (AvgIpc) is 3.00. The van der Waals surface area contributed by atoms with Crippen molar-refractivity contribution >= 4 is 46.9 Å². The number of rotatable bonds is 15. The van der Waals surface area contributed by atoms with Gasteiger partial charge in [-0.3, -0.25) is 14.4 Å². The largest absolute Gasteiger partial charge is 0.508 e. The summed E-state index contributed by atoms with van der Waals surface area (Å²) in [5.74, 6) is -3.12. The summed E-state index contributed by atoms with van der Waals surface area (Å²) >= 11 is 12.7. The lowest BCUT2D eigenvalue weighted by atomic mass is 10.1. The van der Waals surface area contributed by atoms with E-state index in [1.165, 1.54) is 12.1 Å². The number of phenols is 2. The number of nitrogens with two attached hydrogens (primary N) is 1. The van der Waals surface area contributed by atoms with Crippen molar-refractivity contribution in [2.45, 2.75) is 12.6 Å². The normalized spacial score (nSPS) is 11.3. The first kappa shape index (κ1) is 34.9. The van der Waals surface area contributed by atoms with Crippen LogP contribution in [-0.2, 0) is 20.8 Å². The van der Waals surface area contributed by atoms with E-state index in [0.29, 0.717) is 32.1 Å². The molecule has 0 saturated carbocycles. The van der Waals surface area contributed by atoms with Crippen LogP contribution in [0.15, 0.2) is 54.6 Å². The molecule has 3 amide bonds. The molecule has 0 saturated heterocycles. The SMILES string of the molecule is COC(=O)[C@H](CNC(=O)c1cc(O)cc(O)c1)NC(=O)c1c(Cl)cc(C(=O)NCc2cccc(OCCOCCN)c2)cc1Cl. The van der Waals surface area contributed by atoms with Crippen LogP contribution < -0.4 is 26.4 Å². The summed E-state index contributed by atoms with van der Waals surface area (Å²) in [6.07, 6.45) is 0. The molecule has 0 aromatic heterocycles. The quantitative estimate of drug-likeness (QED) is 0.104. The van der Waals surface area contributed by atoms with Crippen LogP contribution in [0.25, 0.3) is 0 Å². The van der Waals surface area contributed by atoms with E-state index in [4.69, 9.17) is 43.1 Å². The standard InChI is InChI=1S/C30H32Cl2N4O9/c1-43-30(42)25(16-35-27(39)18-10-20(37)14-21(38)11-18)36-29(41)26-23(31)12-19(13-24(26)32)28(40)34-15-17-3-2-4-22(9-17)45-8-7-44-6-5-33/h2-4,9-14,25,37-38H,5-8,15-16,33H2,1H3,(H,34,40)(H,35,39)(H,36,41)/t25-/m0/s1. The third-order valence-corrected chi connectivity index (χ3v) is 6.66. The smallest absolute Gasteiger partial charge is 0.330 e. The highest BCUT2D eigenvalue weighted by Crippen LogP contribution is 2.27. The Bertz CT molecular complexity index is 1490. The molecule has 0 unspecified atom stereocenters. The molecule has 0 aliphatic heterocycles. The molecule has 0 spiro atoms. The fraction of sp³-hybridized carbons (Fsp3) is 0.267. The maximum Gasteiger partial charge on any atom is 0.330 e. The monoisotopic (exact) mass is 662 g/mol. The maximum atomic E-state index is 13.1. The van der Waals surface area contributed by atoms with Gasteiger partial charge in [0.1, 0.15) is 29.9 Å². The number of halogens is 2. The molecule has 0 heterocycles. The molecule has 7 N–H and O–H groups in total. The van der Waals surface area contributed by atoms with Gasteiger partial charge >= 0.3 is 5.97 Å². The predicted octanol–water partition coefficient (Wildman–Crippen LogP) is 2.39. The van der Waals surface area contributed by atoms with Gasteiger partial charge in [-0.15, -0.1) is 0 Å². The third kappa shape index (κ3) is 10.5. The molecule has 0 radical (unpaired) electrons. The van der Waals surface area contributed by atoms with E-state index in [1.807, 2.05) is 0 Å². The van der Waals surface area contributed by atoms with Gasteiger partial charge in [-0.25, -0.2) is 4.79 Å². The summed E-state index contributed by atoms with van der Waals surface area (Å²) in [6.45, 7) is 1.34. The van der Waals surface area contributed by atoms with Crippen LogP contribution in [0, 0.1) is 0 Å². The molecular formula is C30H32Cl2N4O9. The van der Waals surface area contributed by atoms with Gasteiger partial charge in [0.2, 0.25) is 0 Å². The van der Waals surface area contributed by atoms with Gasteiger partial charge in [0.05, 0.1) is 35.9 Å². The summed E-state index contributed by atoms with van der Waals surface area (Å²) < 4.78 is 15.6. The van der Waals surface area contributed by atoms with Crippen LogP contribution in [0.2, 0.25) is 10.0 Å². The molecule has 0 aliphatic rings. The Labute approximate surface area is 268 Å². The first-order valence-electron chi connectivity index (χ1n) is 13.5. The lowest BCUT2D eigenvalue weighted by Crippen LogP contribution is -2.49. The van der Waals surface area contributed by atoms with Crippen molar-refractivity contribution in [3.8, 4) is 17.2 Å². The molecule has 0 fully saturated rings. The summed E-state index contributed by atoms with van der Waals surface area (Å²) in [5.41, 5.74) is 5.92. The summed E-state index contributed by atoms with van der Waals surface area (Å²) in [4.78, 5) is 50.8. The average molecular weight is 664 g/mol. The molecule has 3 rings (SSSR count). The van der Waals surface area contributed by atoms with Crippen molar-refractivity contribution < 1.29 is 43.6 Å². The highest BCUT2D eigenvalue weighted by Gasteiger charge is 2.26. The second kappa shape index (κ2) is 17.1. The van der Waals surface area contributed by atoms with Crippen LogP contribution in [0.1, 0.15) is 36.6 Å². The summed E-state index contributed by atoms with van der Waals surface area (Å²) in [5, 5.41) is 26.4. The van der Waals surface area contributed by atoms with Crippen LogP contribution >= 0.6 is 23.2 Å². The number of hydrogen-bond donors (Lipinski definition) is 6. The molecule has 0 aliphatic carbocycles. The molecule has 3 aromatic carbocycles. The van der Waals surface area contributed by atoms with E-state index in [-0.39, 0.29) is 44.8 Å². The number of esters is 1. The summed E-state index contributed by atoms with van der Waals surface area (Å²) in [6, 6.07) is 11.5. The van der Waals surface area contributed by atoms with E-state index in [2.05, 4.69) is 16.0 Å². The fourth-order valence-electron chi connectivity index (χ4n) is 3.94. The molecule has 45 heavy (non-hydrogen) atoms. The van der Waals surface area contributed by atoms with Gasteiger partial charge in [0, 0.05) is 36.8 Å². The Morgan fingerprint density at radius 3 is 2.13 bits per heavy atom. The van der Waals surface area contributed by atoms with Gasteiger partial charge in [-0.2, -0.15) is 0 Å².